The molecule has 0 bridgehead atoms. The summed E-state index contributed by atoms with van der Waals surface area (Å²) in [7, 11) is 1.60. The summed E-state index contributed by atoms with van der Waals surface area (Å²) in [6, 6.07) is 14.5. The van der Waals surface area contributed by atoms with Crippen LogP contribution in [0.3, 0.4) is 0 Å². The van der Waals surface area contributed by atoms with E-state index in [2.05, 4.69) is 5.32 Å². The molecule has 3 aromatic rings. The molecule has 0 aliphatic rings. The first-order valence-electron chi connectivity index (χ1n) is 9.62. The molecule has 7 heteroatoms. The number of rotatable bonds is 7. The summed E-state index contributed by atoms with van der Waals surface area (Å²) in [6.45, 7) is 3.88. The smallest absolute Gasteiger partial charge is 0.341 e. The Bertz CT molecular complexity index is 1100. The van der Waals surface area contributed by atoms with E-state index in [0.29, 0.717) is 15.6 Å². The monoisotopic (exact) mass is 455 g/mol. The second-order valence-corrected chi connectivity index (χ2v) is 8.22. The predicted molar refractivity (Wildman–Crippen MR) is 126 cm³/mol. The van der Waals surface area contributed by atoms with Gasteiger partial charge in [0.25, 0.3) is 0 Å². The minimum absolute atomic E-state index is 0.235. The van der Waals surface area contributed by atoms with Gasteiger partial charge in [-0.05, 0) is 55.3 Å². The Labute approximate surface area is 190 Å². The number of hydrogen-bond donors (Lipinski definition) is 1. The van der Waals surface area contributed by atoms with Gasteiger partial charge in [0, 0.05) is 21.5 Å². The maximum Gasteiger partial charge on any atom is 0.341 e. The van der Waals surface area contributed by atoms with Crippen LogP contribution in [0.1, 0.15) is 27.7 Å². The number of hydrogen-bond acceptors (Lipinski definition) is 5. The molecule has 3 rings (SSSR count). The number of anilines is 1. The first-order chi connectivity index (χ1) is 14.9. The van der Waals surface area contributed by atoms with Gasteiger partial charge in [-0.3, -0.25) is 4.79 Å². The van der Waals surface area contributed by atoms with Gasteiger partial charge < -0.3 is 14.8 Å². The minimum Gasteiger partial charge on any atom is -0.497 e. The Morgan fingerprint density at radius 2 is 1.77 bits per heavy atom. The summed E-state index contributed by atoms with van der Waals surface area (Å²) in [4.78, 5) is 26.2. The van der Waals surface area contributed by atoms with Gasteiger partial charge in [0.05, 0.1) is 13.7 Å². The zero-order valence-electron chi connectivity index (χ0n) is 17.4. The molecule has 0 fully saturated rings. The highest BCUT2D eigenvalue weighted by atomic mass is 35.5. The van der Waals surface area contributed by atoms with E-state index in [1.807, 2.05) is 43.3 Å². The summed E-state index contributed by atoms with van der Waals surface area (Å²) >= 11 is 7.34. The SMILES string of the molecule is CCOC(=O)c1c(NC(=O)C=Cc2ccc(OC)cc2)sc(C)c1-c1ccc(Cl)cc1. The number of amides is 1. The van der Waals surface area contributed by atoms with E-state index in [0.717, 1.165) is 27.3 Å². The predicted octanol–water partition coefficient (Wildman–Crippen LogP) is 6.21. The van der Waals surface area contributed by atoms with E-state index in [4.69, 9.17) is 21.1 Å². The van der Waals surface area contributed by atoms with E-state index in [1.165, 1.54) is 17.4 Å². The molecule has 0 saturated carbocycles. The number of esters is 1. The van der Waals surface area contributed by atoms with Crippen molar-refractivity contribution in [3.8, 4) is 16.9 Å². The van der Waals surface area contributed by atoms with Crippen LogP contribution in [0.4, 0.5) is 5.00 Å². The van der Waals surface area contributed by atoms with Crippen molar-refractivity contribution in [2.24, 2.45) is 0 Å². The first-order valence-corrected chi connectivity index (χ1v) is 10.8. The molecule has 2 aromatic carbocycles. The van der Waals surface area contributed by atoms with Gasteiger partial charge in [0.1, 0.15) is 16.3 Å². The summed E-state index contributed by atoms with van der Waals surface area (Å²) < 4.78 is 10.4. The standard InChI is InChI=1S/C24H22ClNO4S/c1-4-30-24(28)22-21(17-8-10-18(25)11-9-17)15(2)31-23(22)26-20(27)14-7-16-5-12-19(29-3)13-6-16/h5-14H,4H2,1-3H3,(H,26,27). The van der Waals surface area contributed by atoms with E-state index in [9.17, 15) is 9.59 Å². The van der Waals surface area contributed by atoms with Crippen LogP contribution in [-0.4, -0.2) is 25.6 Å². The van der Waals surface area contributed by atoms with Crippen molar-refractivity contribution in [2.75, 3.05) is 19.0 Å². The lowest BCUT2D eigenvalue weighted by Gasteiger charge is -2.08. The van der Waals surface area contributed by atoms with Crippen molar-refractivity contribution in [2.45, 2.75) is 13.8 Å². The molecule has 1 N–H and O–H groups in total. The van der Waals surface area contributed by atoms with Gasteiger partial charge in [-0.1, -0.05) is 35.9 Å². The molecule has 1 amide bonds. The minimum atomic E-state index is -0.480. The van der Waals surface area contributed by atoms with Crippen molar-refractivity contribution >= 4 is 45.9 Å². The number of halogens is 1. The summed E-state index contributed by atoms with van der Waals surface area (Å²) in [5, 5.41) is 3.88. The number of benzene rings is 2. The maximum atomic E-state index is 12.7. The zero-order chi connectivity index (χ0) is 22.4. The highest BCUT2D eigenvalue weighted by Gasteiger charge is 2.25. The second-order valence-electron chi connectivity index (χ2n) is 6.56. The molecule has 0 saturated heterocycles. The number of aryl methyl sites for hydroxylation is 1. The van der Waals surface area contributed by atoms with Crippen molar-refractivity contribution in [3.05, 3.63) is 75.6 Å². The number of nitrogens with one attached hydrogen (secondary N) is 1. The van der Waals surface area contributed by atoms with E-state index < -0.39 is 5.97 Å². The van der Waals surface area contributed by atoms with Gasteiger partial charge in [-0.25, -0.2) is 4.79 Å². The Morgan fingerprint density at radius 1 is 1.10 bits per heavy atom. The molecule has 0 radical (unpaired) electrons. The van der Waals surface area contributed by atoms with E-state index in [1.54, 1.807) is 32.2 Å². The summed E-state index contributed by atoms with van der Waals surface area (Å²) in [5.74, 6) is -0.0824. The van der Waals surface area contributed by atoms with E-state index >= 15 is 0 Å². The largest absolute Gasteiger partial charge is 0.497 e. The van der Waals surface area contributed by atoms with Crippen LogP contribution in [0.25, 0.3) is 17.2 Å². The second kappa shape index (κ2) is 10.3. The zero-order valence-corrected chi connectivity index (χ0v) is 19.0. The van der Waals surface area contributed by atoms with Gasteiger partial charge in [-0.15, -0.1) is 11.3 Å². The van der Waals surface area contributed by atoms with Crippen LogP contribution in [-0.2, 0) is 9.53 Å². The molecule has 0 aliphatic heterocycles. The van der Waals surface area contributed by atoms with Gasteiger partial charge in [0.2, 0.25) is 5.91 Å². The molecule has 1 heterocycles. The van der Waals surface area contributed by atoms with Crippen molar-refractivity contribution in [1.29, 1.82) is 0 Å². The third-order valence-corrected chi connectivity index (χ3v) is 5.75. The fourth-order valence-corrected chi connectivity index (χ4v) is 4.23. The van der Waals surface area contributed by atoms with Gasteiger partial charge >= 0.3 is 5.97 Å². The van der Waals surface area contributed by atoms with Crippen molar-refractivity contribution in [3.63, 3.8) is 0 Å². The average Bonchev–Trinajstić information content (AvgIpc) is 3.09. The van der Waals surface area contributed by atoms with Gasteiger partial charge in [-0.2, -0.15) is 0 Å². The fourth-order valence-electron chi connectivity index (χ4n) is 3.04. The lowest BCUT2D eigenvalue weighted by atomic mass is 10.0. The average molecular weight is 456 g/mol. The molecule has 0 unspecified atom stereocenters. The number of methoxy groups -OCH3 is 1. The number of carbonyl (C=O) groups excluding carboxylic acids is 2. The molecular formula is C24H22ClNO4S. The first kappa shape index (κ1) is 22.6. The van der Waals surface area contributed by atoms with Crippen LogP contribution >= 0.6 is 22.9 Å². The Kier molecular flexibility index (Phi) is 7.50. The molecule has 160 valence electrons. The molecule has 1 aromatic heterocycles. The van der Waals surface area contributed by atoms with Crippen LogP contribution in [0.15, 0.2) is 54.6 Å². The highest BCUT2D eigenvalue weighted by molar-refractivity contribution is 7.17. The topological polar surface area (TPSA) is 64.6 Å². The third-order valence-electron chi connectivity index (χ3n) is 4.48. The molecule has 31 heavy (non-hydrogen) atoms. The Hall–Kier alpha value is -3.09. The maximum absolute atomic E-state index is 12.7. The fraction of sp³-hybridized carbons (Fsp3) is 0.167. The molecule has 0 aliphatic carbocycles. The summed E-state index contributed by atoms with van der Waals surface area (Å²) in [5.41, 5.74) is 2.76. The van der Waals surface area contributed by atoms with Crippen LogP contribution < -0.4 is 10.1 Å². The summed E-state index contributed by atoms with van der Waals surface area (Å²) in [6.07, 6.45) is 3.12. The molecule has 0 spiro atoms. The normalized spacial score (nSPS) is 10.8. The molecular weight excluding hydrogens is 434 g/mol. The highest BCUT2D eigenvalue weighted by Crippen LogP contribution is 2.40. The van der Waals surface area contributed by atoms with Crippen LogP contribution in [0.5, 0.6) is 5.75 Å². The number of ether oxygens (including phenoxy) is 2. The molecule has 0 atom stereocenters. The third kappa shape index (κ3) is 5.54. The van der Waals surface area contributed by atoms with Crippen molar-refractivity contribution in [1.82, 2.24) is 0 Å². The van der Waals surface area contributed by atoms with Gasteiger partial charge in [0.15, 0.2) is 0 Å². The van der Waals surface area contributed by atoms with Crippen LogP contribution in [0, 0.1) is 6.92 Å². The Balaban J connectivity index is 1.89. The lowest BCUT2D eigenvalue weighted by Crippen LogP contribution is -2.12. The van der Waals surface area contributed by atoms with Crippen LogP contribution in [0.2, 0.25) is 5.02 Å². The van der Waals surface area contributed by atoms with E-state index in [-0.39, 0.29) is 12.5 Å². The Morgan fingerprint density at radius 3 is 2.39 bits per heavy atom. The number of thiophene rings is 1. The quantitative estimate of drug-likeness (QED) is 0.339. The number of carbonyl (C=O) groups is 2. The molecule has 5 nitrogen and oxygen atoms in total. The lowest BCUT2D eigenvalue weighted by molar-refractivity contribution is -0.111. The van der Waals surface area contributed by atoms with Crippen molar-refractivity contribution < 1.29 is 19.1 Å².